The first-order valence-electron chi connectivity index (χ1n) is 9.82. The largest absolute Gasteiger partial charge is 0.365 e. The Morgan fingerprint density at radius 2 is 1.67 bits per heavy atom. The van der Waals surface area contributed by atoms with Gasteiger partial charge < -0.3 is 5.32 Å². The van der Waals surface area contributed by atoms with Gasteiger partial charge >= 0.3 is 0 Å². The third-order valence-electron chi connectivity index (χ3n) is 5.02. The van der Waals surface area contributed by atoms with Crippen molar-refractivity contribution in [1.82, 2.24) is 15.0 Å². The molecule has 0 spiro atoms. The molecule has 0 aliphatic heterocycles. The molecule has 30 heavy (non-hydrogen) atoms. The van der Waals surface area contributed by atoms with Gasteiger partial charge in [0.25, 0.3) is 0 Å². The summed E-state index contributed by atoms with van der Waals surface area (Å²) >= 11 is 1.64. The van der Waals surface area contributed by atoms with Gasteiger partial charge in [-0.1, -0.05) is 60.2 Å². The minimum Gasteiger partial charge on any atom is -0.365 e. The fourth-order valence-corrected chi connectivity index (χ4v) is 4.36. The third-order valence-corrected chi connectivity index (χ3v) is 5.89. The summed E-state index contributed by atoms with van der Waals surface area (Å²) in [6.07, 6.45) is 3.56. The Labute approximate surface area is 179 Å². The van der Waals surface area contributed by atoms with E-state index >= 15 is 0 Å². The number of nitrogens with one attached hydrogen (secondary N) is 1. The Morgan fingerprint density at radius 1 is 0.867 bits per heavy atom. The van der Waals surface area contributed by atoms with Crippen molar-refractivity contribution in [2.24, 2.45) is 0 Å². The topological polar surface area (TPSA) is 50.7 Å². The molecular weight excluding hydrogens is 388 g/mol. The Bertz CT molecular complexity index is 1280. The van der Waals surface area contributed by atoms with Gasteiger partial charge in [0.15, 0.2) is 5.82 Å². The van der Waals surface area contributed by atoms with Crippen LogP contribution in [0, 0.1) is 6.92 Å². The summed E-state index contributed by atoms with van der Waals surface area (Å²) in [6, 6.07) is 22.9. The van der Waals surface area contributed by atoms with Crippen molar-refractivity contribution in [2.75, 3.05) is 5.32 Å². The molecule has 0 fully saturated rings. The number of thiophene rings is 1. The molecule has 0 aliphatic rings. The molecule has 2 aromatic carbocycles. The minimum absolute atomic E-state index is 0.684. The van der Waals surface area contributed by atoms with E-state index in [0.717, 1.165) is 27.2 Å². The molecule has 0 unspecified atom stereocenters. The van der Waals surface area contributed by atoms with E-state index in [1.165, 1.54) is 16.7 Å². The van der Waals surface area contributed by atoms with E-state index in [-0.39, 0.29) is 0 Å². The van der Waals surface area contributed by atoms with Crippen molar-refractivity contribution in [3.63, 3.8) is 0 Å². The molecule has 1 N–H and O–H groups in total. The van der Waals surface area contributed by atoms with Crippen LogP contribution in [0.3, 0.4) is 0 Å². The van der Waals surface area contributed by atoms with Gasteiger partial charge in [-0.25, -0.2) is 9.97 Å². The molecule has 0 amide bonds. The molecule has 5 aromatic rings. The standard InChI is InChI=1S/C25H20N4S/c1-17-9-11-18(12-10-17)14-27-24-22-21(19-6-3-2-4-7-19)16-30-25(22)29-23(28-24)20-8-5-13-26-15-20/h2-13,15-16H,14H2,1H3,(H,27,28,29). The lowest BCUT2D eigenvalue weighted by atomic mass is 10.1. The van der Waals surface area contributed by atoms with Gasteiger partial charge in [0.2, 0.25) is 0 Å². The monoisotopic (exact) mass is 408 g/mol. The Hall–Kier alpha value is -3.57. The van der Waals surface area contributed by atoms with Crippen LogP contribution in [0.5, 0.6) is 0 Å². The average molecular weight is 409 g/mol. The van der Waals surface area contributed by atoms with Gasteiger partial charge in [0, 0.05) is 35.4 Å². The second kappa shape index (κ2) is 8.05. The number of fused-ring (bicyclic) bond motifs is 1. The van der Waals surface area contributed by atoms with E-state index in [1.54, 1.807) is 23.7 Å². The van der Waals surface area contributed by atoms with Crippen molar-refractivity contribution >= 4 is 27.4 Å². The van der Waals surface area contributed by atoms with Crippen LogP contribution >= 0.6 is 11.3 Å². The van der Waals surface area contributed by atoms with Crippen molar-refractivity contribution in [3.05, 3.63) is 95.6 Å². The summed E-state index contributed by atoms with van der Waals surface area (Å²) in [7, 11) is 0. The predicted molar refractivity (Wildman–Crippen MR) is 125 cm³/mol. The zero-order valence-corrected chi connectivity index (χ0v) is 17.4. The number of nitrogens with zero attached hydrogens (tertiary/aromatic N) is 3. The molecule has 0 saturated carbocycles. The molecule has 3 heterocycles. The normalized spacial score (nSPS) is 11.0. The predicted octanol–water partition coefficient (Wildman–Crippen LogP) is 6.34. The zero-order chi connectivity index (χ0) is 20.3. The number of anilines is 1. The van der Waals surface area contributed by atoms with Gasteiger partial charge in [0.05, 0.1) is 5.39 Å². The van der Waals surface area contributed by atoms with Crippen molar-refractivity contribution in [3.8, 4) is 22.5 Å². The SMILES string of the molecule is Cc1ccc(CNc2nc(-c3cccnc3)nc3scc(-c4ccccc4)c23)cc1. The van der Waals surface area contributed by atoms with E-state index in [9.17, 15) is 0 Å². The second-order valence-electron chi connectivity index (χ2n) is 7.17. The van der Waals surface area contributed by atoms with Crippen LogP contribution in [0.4, 0.5) is 5.82 Å². The fourth-order valence-electron chi connectivity index (χ4n) is 3.42. The summed E-state index contributed by atoms with van der Waals surface area (Å²) in [5.41, 5.74) is 5.70. The van der Waals surface area contributed by atoms with Crippen LogP contribution in [-0.2, 0) is 6.54 Å². The second-order valence-corrected chi connectivity index (χ2v) is 8.03. The number of hydrogen-bond acceptors (Lipinski definition) is 5. The molecule has 0 aliphatic carbocycles. The zero-order valence-electron chi connectivity index (χ0n) is 16.5. The van der Waals surface area contributed by atoms with Gasteiger partial charge in [-0.2, -0.15) is 0 Å². The van der Waals surface area contributed by atoms with E-state index in [2.05, 4.69) is 71.1 Å². The van der Waals surface area contributed by atoms with E-state index in [0.29, 0.717) is 12.4 Å². The smallest absolute Gasteiger partial charge is 0.164 e. The molecule has 0 bridgehead atoms. The third kappa shape index (κ3) is 3.67. The number of benzene rings is 2. The van der Waals surface area contributed by atoms with Crippen LogP contribution < -0.4 is 5.32 Å². The van der Waals surface area contributed by atoms with Gasteiger partial charge in [0.1, 0.15) is 10.6 Å². The van der Waals surface area contributed by atoms with E-state index < -0.39 is 0 Å². The number of rotatable bonds is 5. The molecule has 5 heteroatoms. The highest BCUT2D eigenvalue weighted by atomic mass is 32.1. The maximum atomic E-state index is 4.91. The molecule has 4 nitrogen and oxygen atoms in total. The van der Waals surface area contributed by atoms with E-state index in [4.69, 9.17) is 9.97 Å². The van der Waals surface area contributed by atoms with Crippen molar-refractivity contribution in [2.45, 2.75) is 13.5 Å². The summed E-state index contributed by atoms with van der Waals surface area (Å²) in [5, 5.41) is 6.79. The van der Waals surface area contributed by atoms with Gasteiger partial charge in [-0.3, -0.25) is 4.98 Å². The van der Waals surface area contributed by atoms with Gasteiger partial charge in [-0.15, -0.1) is 11.3 Å². The lowest BCUT2D eigenvalue weighted by molar-refractivity contribution is 1.10. The first-order chi connectivity index (χ1) is 14.8. The fraction of sp³-hybridized carbons (Fsp3) is 0.0800. The molecule has 0 saturated heterocycles. The van der Waals surface area contributed by atoms with Crippen molar-refractivity contribution < 1.29 is 0 Å². The molecule has 5 rings (SSSR count). The van der Waals surface area contributed by atoms with Crippen LogP contribution in [-0.4, -0.2) is 15.0 Å². The molecule has 3 aromatic heterocycles. The van der Waals surface area contributed by atoms with E-state index in [1.807, 2.05) is 18.2 Å². The number of aryl methyl sites for hydroxylation is 1. The molecule has 0 atom stereocenters. The van der Waals surface area contributed by atoms with Crippen LogP contribution in [0.15, 0.2) is 84.5 Å². The number of aromatic nitrogens is 3. The maximum absolute atomic E-state index is 4.91. The lowest BCUT2D eigenvalue weighted by Crippen LogP contribution is -2.04. The van der Waals surface area contributed by atoms with Gasteiger partial charge in [-0.05, 0) is 30.2 Å². The molecule has 0 radical (unpaired) electrons. The lowest BCUT2D eigenvalue weighted by Gasteiger charge is -2.11. The maximum Gasteiger partial charge on any atom is 0.164 e. The highest BCUT2D eigenvalue weighted by Crippen LogP contribution is 2.38. The summed E-state index contributed by atoms with van der Waals surface area (Å²) in [6.45, 7) is 2.80. The van der Waals surface area contributed by atoms with Crippen molar-refractivity contribution in [1.29, 1.82) is 0 Å². The highest BCUT2D eigenvalue weighted by molar-refractivity contribution is 7.17. The summed E-state index contributed by atoms with van der Waals surface area (Å²) in [4.78, 5) is 14.9. The molecular formula is C25H20N4S. The molecule has 146 valence electrons. The summed E-state index contributed by atoms with van der Waals surface area (Å²) in [5.74, 6) is 1.53. The first kappa shape index (κ1) is 18.5. The average Bonchev–Trinajstić information content (AvgIpc) is 3.24. The Kier molecular flexibility index (Phi) is 4.95. The van der Waals surface area contributed by atoms with Crippen LogP contribution in [0.2, 0.25) is 0 Å². The minimum atomic E-state index is 0.684. The number of hydrogen-bond donors (Lipinski definition) is 1. The Morgan fingerprint density at radius 3 is 2.43 bits per heavy atom. The summed E-state index contributed by atoms with van der Waals surface area (Å²) < 4.78 is 0. The van der Waals surface area contributed by atoms with Crippen LogP contribution in [0.25, 0.3) is 32.7 Å². The quantitative estimate of drug-likeness (QED) is 0.369. The van der Waals surface area contributed by atoms with Crippen LogP contribution in [0.1, 0.15) is 11.1 Å². The highest BCUT2D eigenvalue weighted by Gasteiger charge is 2.16. The first-order valence-corrected chi connectivity index (χ1v) is 10.7. The Balaban J connectivity index is 1.62. The number of pyridine rings is 1.